The van der Waals surface area contributed by atoms with Gasteiger partial charge in [-0.25, -0.2) is 0 Å². The first kappa shape index (κ1) is 10.7. The standard InChI is InChI=1S/C10H20O/c1-4-6-7-8-9(3)10(11)5-2/h9H,4-8H2,1-3H3/t9-/m0/s1. The second-order valence-electron chi connectivity index (χ2n) is 3.22. The van der Waals surface area contributed by atoms with Crippen LogP contribution < -0.4 is 0 Å². The van der Waals surface area contributed by atoms with E-state index in [2.05, 4.69) is 6.92 Å². The predicted octanol–water partition coefficient (Wildman–Crippen LogP) is 3.18. The molecule has 0 N–H and O–H groups in total. The smallest absolute Gasteiger partial charge is 0.135 e. The molecule has 0 rings (SSSR count). The minimum Gasteiger partial charge on any atom is -0.299 e. The van der Waals surface area contributed by atoms with E-state index in [4.69, 9.17) is 0 Å². The van der Waals surface area contributed by atoms with Gasteiger partial charge in [-0.3, -0.25) is 4.79 Å². The van der Waals surface area contributed by atoms with Gasteiger partial charge in [-0.15, -0.1) is 0 Å². The summed E-state index contributed by atoms with van der Waals surface area (Å²) in [6.45, 7) is 6.17. The summed E-state index contributed by atoms with van der Waals surface area (Å²) in [5, 5.41) is 0. The fourth-order valence-corrected chi connectivity index (χ4v) is 1.21. The Labute approximate surface area is 70.2 Å². The number of carbonyl (C=O) groups is 1. The van der Waals surface area contributed by atoms with Crippen molar-refractivity contribution in [1.82, 2.24) is 0 Å². The van der Waals surface area contributed by atoms with Gasteiger partial charge in [0.2, 0.25) is 0 Å². The van der Waals surface area contributed by atoms with Gasteiger partial charge in [0.15, 0.2) is 0 Å². The van der Waals surface area contributed by atoms with E-state index in [0.29, 0.717) is 18.1 Å². The van der Waals surface area contributed by atoms with Gasteiger partial charge in [0.05, 0.1) is 0 Å². The van der Waals surface area contributed by atoms with E-state index in [0.717, 1.165) is 6.42 Å². The monoisotopic (exact) mass is 156 g/mol. The van der Waals surface area contributed by atoms with Crippen LogP contribution in [0, 0.1) is 5.92 Å². The highest BCUT2D eigenvalue weighted by atomic mass is 16.1. The molecule has 0 saturated carbocycles. The molecule has 0 unspecified atom stereocenters. The molecular weight excluding hydrogens is 136 g/mol. The average molecular weight is 156 g/mol. The molecule has 1 nitrogen and oxygen atoms in total. The zero-order valence-electron chi connectivity index (χ0n) is 8.02. The first-order chi connectivity index (χ1) is 5.22. The van der Waals surface area contributed by atoms with Crippen LogP contribution in [0.15, 0.2) is 0 Å². The van der Waals surface area contributed by atoms with Crippen molar-refractivity contribution in [2.24, 2.45) is 5.92 Å². The highest BCUT2D eigenvalue weighted by Crippen LogP contribution is 2.11. The zero-order chi connectivity index (χ0) is 8.69. The molecule has 0 heterocycles. The molecule has 11 heavy (non-hydrogen) atoms. The Hall–Kier alpha value is -0.330. The number of hydrogen-bond donors (Lipinski definition) is 0. The van der Waals surface area contributed by atoms with Crippen molar-refractivity contribution >= 4 is 5.78 Å². The Kier molecular flexibility index (Phi) is 6.19. The lowest BCUT2D eigenvalue weighted by Gasteiger charge is -2.07. The van der Waals surface area contributed by atoms with Crippen LogP contribution in [-0.4, -0.2) is 5.78 Å². The van der Waals surface area contributed by atoms with E-state index in [1.54, 1.807) is 0 Å². The van der Waals surface area contributed by atoms with Gasteiger partial charge in [0, 0.05) is 12.3 Å². The number of rotatable bonds is 6. The normalized spacial score (nSPS) is 13.0. The predicted molar refractivity (Wildman–Crippen MR) is 48.6 cm³/mol. The maximum Gasteiger partial charge on any atom is 0.135 e. The molecule has 0 radical (unpaired) electrons. The van der Waals surface area contributed by atoms with E-state index in [1.165, 1.54) is 19.3 Å². The molecule has 0 saturated heterocycles. The molecule has 0 spiro atoms. The third kappa shape index (κ3) is 5.00. The third-order valence-electron chi connectivity index (χ3n) is 2.14. The fourth-order valence-electron chi connectivity index (χ4n) is 1.21. The van der Waals surface area contributed by atoms with Crippen LogP contribution >= 0.6 is 0 Å². The summed E-state index contributed by atoms with van der Waals surface area (Å²) >= 11 is 0. The Morgan fingerprint density at radius 1 is 1.27 bits per heavy atom. The molecule has 0 aromatic rings. The summed E-state index contributed by atoms with van der Waals surface area (Å²) in [5.74, 6) is 0.715. The molecule has 66 valence electrons. The van der Waals surface area contributed by atoms with Crippen molar-refractivity contribution in [2.45, 2.75) is 52.9 Å². The molecule has 0 fully saturated rings. The van der Waals surface area contributed by atoms with Crippen LogP contribution in [0.4, 0.5) is 0 Å². The van der Waals surface area contributed by atoms with E-state index in [-0.39, 0.29) is 0 Å². The molecule has 0 aromatic heterocycles. The maximum atomic E-state index is 11.1. The topological polar surface area (TPSA) is 17.1 Å². The number of carbonyl (C=O) groups excluding carboxylic acids is 1. The van der Waals surface area contributed by atoms with Gasteiger partial charge in [-0.2, -0.15) is 0 Å². The lowest BCUT2D eigenvalue weighted by atomic mass is 9.97. The third-order valence-corrected chi connectivity index (χ3v) is 2.14. The van der Waals surface area contributed by atoms with Gasteiger partial charge >= 0.3 is 0 Å². The van der Waals surface area contributed by atoms with Crippen molar-refractivity contribution in [3.05, 3.63) is 0 Å². The summed E-state index contributed by atoms with van der Waals surface area (Å²) in [4.78, 5) is 11.1. The van der Waals surface area contributed by atoms with Gasteiger partial charge in [0.1, 0.15) is 5.78 Å². The van der Waals surface area contributed by atoms with Gasteiger partial charge in [-0.1, -0.05) is 40.0 Å². The summed E-state index contributed by atoms with van der Waals surface area (Å²) in [6.07, 6.45) is 5.51. The van der Waals surface area contributed by atoms with Crippen LogP contribution in [0.5, 0.6) is 0 Å². The Morgan fingerprint density at radius 3 is 2.36 bits per heavy atom. The number of unbranched alkanes of at least 4 members (excludes halogenated alkanes) is 2. The van der Waals surface area contributed by atoms with E-state index in [1.807, 2.05) is 13.8 Å². The molecule has 0 aliphatic heterocycles. The lowest BCUT2D eigenvalue weighted by molar-refractivity contribution is -0.122. The van der Waals surface area contributed by atoms with Crippen molar-refractivity contribution in [2.75, 3.05) is 0 Å². The van der Waals surface area contributed by atoms with Gasteiger partial charge in [0.25, 0.3) is 0 Å². The molecule has 0 amide bonds. The minimum absolute atomic E-state index is 0.298. The Bertz CT molecular complexity index is 107. The first-order valence-corrected chi connectivity index (χ1v) is 4.75. The highest BCUT2D eigenvalue weighted by molar-refractivity contribution is 5.80. The SMILES string of the molecule is CCCCC[C@H](C)C(=O)CC. The Balaban J connectivity index is 3.36. The van der Waals surface area contributed by atoms with Gasteiger partial charge in [-0.05, 0) is 6.42 Å². The van der Waals surface area contributed by atoms with E-state index >= 15 is 0 Å². The van der Waals surface area contributed by atoms with Crippen LogP contribution in [-0.2, 0) is 4.79 Å². The number of ketones is 1. The van der Waals surface area contributed by atoms with Gasteiger partial charge < -0.3 is 0 Å². The maximum absolute atomic E-state index is 11.1. The first-order valence-electron chi connectivity index (χ1n) is 4.75. The van der Waals surface area contributed by atoms with Crippen LogP contribution in [0.1, 0.15) is 52.9 Å². The summed E-state index contributed by atoms with van der Waals surface area (Å²) in [5.41, 5.74) is 0. The van der Waals surface area contributed by atoms with Crippen molar-refractivity contribution in [3.8, 4) is 0 Å². The zero-order valence-corrected chi connectivity index (χ0v) is 8.02. The van der Waals surface area contributed by atoms with E-state index in [9.17, 15) is 4.79 Å². The number of hydrogen-bond acceptors (Lipinski definition) is 1. The molecular formula is C10H20O. The lowest BCUT2D eigenvalue weighted by Crippen LogP contribution is -2.08. The fraction of sp³-hybridized carbons (Fsp3) is 0.900. The van der Waals surface area contributed by atoms with E-state index < -0.39 is 0 Å². The second-order valence-corrected chi connectivity index (χ2v) is 3.22. The largest absolute Gasteiger partial charge is 0.299 e. The molecule has 1 heteroatoms. The van der Waals surface area contributed by atoms with Crippen molar-refractivity contribution in [1.29, 1.82) is 0 Å². The Morgan fingerprint density at radius 2 is 1.91 bits per heavy atom. The highest BCUT2D eigenvalue weighted by Gasteiger charge is 2.08. The second kappa shape index (κ2) is 6.38. The van der Waals surface area contributed by atoms with Crippen LogP contribution in [0.2, 0.25) is 0 Å². The number of Topliss-reactive ketones (excluding diaryl/α,β-unsaturated/α-hetero) is 1. The van der Waals surface area contributed by atoms with Crippen molar-refractivity contribution in [3.63, 3.8) is 0 Å². The van der Waals surface area contributed by atoms with Crippen LogP contribution in [0.3, 0.4) is 0 Å². The summed E-state index contributed by atoms with van der Waals surface area (Å²) in [7, 11) is 0. The molecule has 0 bridgehead atoms. The average Bonchev–Trinajstić information content (AvgIpc) is 2.03. The summed E-state index contributed by atoms with van der Waals surface area (Å²) < 4.78 is 0. The molecule has 0 aromatic carbocycles. The minimum atomic E-state index is 0.298. The molecule has 0 aliphatic carbocycles. The molecule has 1 atom stereocenters. The van der Waals surface area contributed by atoms with Crippen LogP contribution in [0.25, 0.3) is 0 Å². The summed E-state index contributed by atoms with van der Waals surface area (Å²) in [6, 6.07) is 0. The quantitative estimate of drug-likeness (QED) is 0.540. The molecule has 0 aliphatic rings. The van der Waals surface area contributed by atoms with Crippen molar-refractivity contribution < 1.29 is 4.79 Å².